The molecule has 2 nitrogen and oxygen atoms in total. The first kappa shape index (κ1) is 51.8. The van der Waals surface area contributed by atoms with Crippen molar-refractivity contribution in [3.05, 3.63) is 337 Å². The molecule has 0 N–H and O–H groups in total. The van der Waals surface area contributed by atoms with Gasteiger partial charge in [0.2, 0.25) is 0 Å². The molecule has 5 aliphatic rings. The Hall–Kier alpha value is -9.76. The van der Waals surface area contributed by atoms with Crippen LogP contribution in [0.1, 0.15) is 71.4 Å². The second-order valence-corrected chi connectivity index (χ2v) is 24.8. The van der Waals surface area contributed by atoms with E-state index < -0.39 is 5.41 Å². The smallest absolute Gasteiger partial charge is 0.0714 e. The van der Waals surface area contributed by atoms with E-state index in [0.29, 0.717) is 5.92 Å². The largest absolute Gasteiger partial charge is 0.310 e. The standard InChI is InChI=1S/C84H68N2/c1-57-23-22-37-79-82(57)73-48-47-72(54-80(73)84(79,66-28-12-4-13-29-66)67-30-14-5-15-31-67)85(68-32-16-6-17-33-68)70-43-39-62(40-44-70)77-55-76(61-26-10-3-11-27-61)78(56-75(77)60-24-8-2-9-25-60)63-41-45-71(46-42-63)86(69-34-18-7-19-35-69)81-38-21-20-36-74(81)83-64-50-58-49-59(52-64)53-65(83)51-58/h2-48,54-56,58-59,64-65,83H,49-53H2,1H3. The molecule has 4 bridgehead atoms. The Bertz CT molecular complexity index is 4320. The molecule has 4 saturated carbocycles. The van der Waals surface area contributed by atoms with E-state index in [0.717, 1.165) is 46.3 Å². The van der Waals surface area contributed by atoms with Crippen LogP contribution in [0.15, 0.2) is 303 Å². The number of benzene rings is 12. The second-order valence-electron chi connectivity index (χ2n) is 24.8. The first-order chi connectivity index (χ1) is 42.5. The van der Waals surface area contributed by atoms with E-state index in [1.807, 2.05) is 0 Å². The Labute approximate surface area is 507 Å². The Morgan fingerprint density at radius 3 is 1.22 bits per heavy atom. The number of para-hydroxylation sites is 3. The van der Waals surface area contributed by atoms with Gasteiger partial charge in [0.15, 0.2) is 0 Å². The highest BCUT2D eigenvalue weighted by Gasteiger charge is 2.50. The summed E-state index contributed by atoms with van der Waals surface area (Å²) < 4.78 is 0. The summed E-state index contributed by atoms with van der Waals surface area (Å²) in [5, 5.41) is 0. The predicted molar refractivity (Wildman–Crippen MR) is 359 cm³/mol. The molecular formula is C84H68N2. The first-order valence-corrected chi connectivity index (χ1v) is 31.2. The summed E-state index contributed by atoms with van der Waals surface area (Å²) in [6.45, 7) is 2.26. The number of hydrogen-bond donors (Lipinski definition) is 0. The summed E-state index contributed by atoms with van der Waals surface area (Å²) in [6.07, 6.45) is 7.06. The topological polar surface area (TPSA) is 6.48 Å². The molecule has 0 saturated heterocycles. The lowest BCUT2D eigenvalue weighted by atomic mass is 9.50. The van der Waals surface area contributed by atoms with Gasteiger partial charge in [-0.05, 0) is 236 Å². The van der Waals surface area contributed by atoms with Crippen molar-refractivity contribution in [1.82, 2.24) is 0 Å². The molecule has 12 aromatic carbocycles. The van der Waals surface area contributed by atoms with Gasteiger partial charge in [0.1, 0.15) is 0 Å². The van der Waals surface area contributed by atoms with Crippen molar-refractivity contribution in [2.75, 3.05) is 9.80 Å². The third-order valence-corrected chi connectivity index (χ3v) is 20.0. The van der Waals surface area contributed by atoms with Crippen molar-refractivity contribution in [2.24, 2.45) is 23.7 Å². The lowest BCUT2D eigenvalue weighted by Crippen LogP contribution is -2.44. The Kier molecular flexibility index (Phi) is 13.1. The Balaban J connectivity index is 0.811. The molecule has 86 heavy (non-hydrogen) atoms. The summed E-state index contributed by atoms with van der Waals surface area (Å²) >= 11 is 0. The van der Waals surface area contributed by atoms with E-state index in [-0.39, 0.29) is 0 Å². The summed E-state index contributed by atoms with van der Waals surface area (Å²) in [7, 11) is 0. The number of aryl methyl sites for hydroxylation is 1. The van der Waals surface area contributed by atoms with Crippen LogP contribution in [0.25, 0.3) is 55.6 Å². The maximum absolute atomic E-state index is 2.54. The fourth-order valence-corrected chi connectivity index (χ4v) is 16.7. The average molecular weight is 1110 g/mol. The zero-order valence-corrected chi connectivity index (χ0v) is 48.7. The molecule has 4 fully saturated rings. The van der Waals surface area contributed by atoms with Gasteiger partial charge in [-0.3, -0.25) is 0 Å². The molecule has 0 unspecified atom stereocenters. The molecule has 5 aliphatic carbocycles. The van der Waals surface area contributed by atoms with Crippen LogP contribution < -0.4 is 9.80 Å². The van der Waals surface area contributed by atoms with Gasteiger partial charge in [0.05, 0.1) is 5.41 Å². The Morgan fingerprint density at radius 2 is 0.709 bits per heavy atom. The lowest BCUT2D eigenvalue weighted by molar-refractivity contribution is -0.00259. The van der Waals surface area contributed by atoms with Crippen LogP contribution in [0, 0.1) is 30.6 Å². The van der Waals surface area contributed by atoms with Crippen LogP contribution in [0.2, 0.25) is 0 Å². The van der Waals surface area contributed by atoms with Crippen LogP contribution in [-0.4, -0.2) is 0 Å². The number of fused-ring (bicyclic) bond motifs is 3. The molecule has 0 spiro atoms. The van der Waals surface area contributed by atoms with Gasteiger partial charge in [0, 0.05) is 34.1 Å². The fraction of sp³-hybridized carbons (Fsp3) is 0.143. The molecule has 0 atom stereocenters. The van der Waals surface area contributed by atoms with Crippen molar-refractivity contribution < 1.29 is 0 Å². The normalized spacial score (nSPS) is 18.5. The van der Waals surface area contributed by atoms with Crippen LogP contribution in [-0.2, 0) is 5.41 Å². The third kappa shape index (κ3) is 8.84. The number of hydrogen-bond acceptors (Lipinski definition) is 2. The quantitative estimate of drug-likeness (QED) is 0.114. The second kappa shape index (κ2) is 21.7. The average Bonchev–Trinajstić information content (AvgIpc) is 1.55. The maximum Gasteiger partial charge on any atom is 0.0714 e. The molecular weight excluding hydrogens is 1040 g/mol. The van der Waals surface area contributed by atoms with E-state index in [1.54, 1.807) is 0 Å². The number of anilines is 6. The summed E-state index contributed by atoms with van der Waals surface area (Å²) in [5.74, 6) is 4.05. The molecule has 414 valence electrons. The third-order valence-electron chi connectivity index (χ3n) is 20.0. The SMILES string of the molecule is Cc1cccc2c1-c1ccc(N(c3ccccc3)c3ccc(-c4cc(-c5ccccc5)c(-c5ccc(N(c6ccccc6)c6ccccc6C6C7CC8CC(C7)CC6C8)cc5)cc4-c4ccccc4)cc3)cc1C2(c1ccccc1)c1ccccc1. The minimum Gasteiger partial charge on any atom is -0.310 e. The van der Waals surface area contributed by atoms with E-state index in [2.05, 4.69) is 320 Å². The van der Waals surface area contributed by atoms with E-state index in [1.165, 1.54) is 133 Å². The summed E-state index contributed by atoms with van der Waals surface area (Å²) in [6, 6.07) is 113. The van der Waals surface area contributed by atoms with Crippen molar-refractivity contribution >= 4 is 34.1 Å². The van der Waals surface area contributed by atoms with Gasteiger partial charge >= 0.3 is 0 Å². The van der Waals surface area contributed by atoms with E-state index in [4.69, 9.17) is 0 Å². The summed E-state index contributed by atoms with van der Waals surface area (Å²) in [4.78, 5) is 4.97. The van der Waals surface area contributed by atoms with E-state index in [9.17, 15) is 0 Å². The summed E-state index contributed by atoms with van der Waals surface area (Å²) in [5.41, 5.74) is 26.5. The predicted octanol–water partition coefficient (Wildman–Crippen LogP) is 22.5. The zero-order valence-electron chi connectivity index (χ0n) is 48.7. The molecule has 2 heteroatoms. The van der Waals surface area contributed by atoms with E-state index >= 15 is 0 Å². The van der Waals surface area contributed by atoms with Gasteiger partial charge < -0.3 is 9.80 Å². The highest BCUT2D eigenvalue weighted by molar-refractivity contribution is 5.97. The molecule has 0 heterocycles. The highest BCUT2D eigenvalue weighted by atomic mass is 15.1. The first-order valence-electron chi connectivity index (χ1n) is 31.2. The van der Waals surface area contributed by atoms with Crippen LogP contribution in [0.3, 0.4) is 0 Å². The lowest BCUT2D eigenvalue weighted by Gasteiger charge is -2.55. The number of rotatable bonds is 13. The maximum atomic E-state index is 2.54. The molecule has 17 rings (SSSR count). The fourth-order valence-electron chi connectivity index (χ4n) is 16.7. The van der Waals surface area contributed by atoms with Crippen molar-refractivity contribution in [3.63, 3.8) is 0 Å². The minimum atomic E-state index is -0.525. The van der Waals surface area contributed by atoms with Gasteiger partial charge in [-0.2, -0.15) is 0 Å². The highest BCUT2D eigenvalue weighted by Crippen LogP contribution is 2.62. The molecule has 0 amide bonds. The minimum absolute atomic E-state index is 0.525. The zero-order chi connectivity index (χ0) is 57.1. The Morgan fingerprint density at radius 1 is 0.302 bits per heavy atom. The molecule has 0 radical (unpaired) electrons. The van der Waals surface area contributed by atoms with Crippen molar-refractivity contribution in [2.45, 2.75) is 50.4 Å². The van der Waals surface area contributed by atoms with Crippen LogP contribution in [0.5, 0.6) is 0 Å². The van der Waals surface area contributed by atoms with Crippen molar-refractivity contribution in [1.29, 1.82) is 0 Å². The number of nitrogens with zero attached hydrogens (tertiary/aromatic N) is 2. The van der Waals surface area contributed by atoms with Crippen LogP contribution in [0.4, 0.5) is 34.1 Å². The monoisotopic (exact) mass is 1100 g/mol. The van der Waals surface area contributed by atoms with Gasteiger partial charge in [-0.15, -0.1) is 0 Å². The van der Waals surface area contributed by atoms with Gasteiger partial charge in [0.25, 0.3) is 0 Å². The van der Waals surface area contributed by atoms with Crippen LogP contribution >= 0.6 is 0 Å². The van der Waals surface area contributed by atoms with Crippen molar-refractivity contribution in [3.8, 4) is 55.6 Å². The molecule has 0 aliphatic heterocycles. The van der Waals surface area contributed by atoms with Gasteiger partial charge in [-0.25, -0.2) is 0 Å². The molecule has 0 aromatic heterocycles. The molecule has 12 aromatic rings. The van der Waals surface area contributed by atoms with Gasteiger partial charge in [-0.1, -0.05) is 224 Å².